The van der Waals surface area contributed by atoms with E-state index in [0.29, 0.717) is 0 Å². The predicted molar refractivity (Wildman–Crippen MR) is 80.8 cm³/mol. The molecule has 0 aliphatic rings. The second-order valence-electron chi connectivity index (χ2n) is 4.14. The number of aromatic nitrogens is 1. The quantitative estimate of drug-likeness (QED) is 0.866. The molecule has 0 saturated carbocycles. The molecule has 1 unspecified atom stereocenters. The Balaban J connectivity index is 1.93. The number of aryl methyl sites for hydroxylation is 1. The van der Waals surface area contributed by atoms with Gasteiger partial charge in [-0.2, -0.15) is 0 Å². The maximum Gasteiger partial charge on any atom is 0.0961 e. The molecule has 2 nitrogen and oxygen atoms in total. The minimum atomic E-state index is 0.0426. The van der Waals surface area contributed by atoms with Crippen molar-refractivity contribution < 1.29 is 0 Å². The van der Waals surface area contributed by atoms with Gasteiger partial charge >= 0.3 is 0 Å². The number of hydrogen-bond acceptors (Lipinski definition) is 3. The molecule has 0 aliphatic carbocycles. The van der Waals surface area contributed by atoms with E-state index in [4.69, 9.17) is 5.73 Å². The van der Waals surface area contributed by atoms with E-state index < -0.39 is 0 Å². The third kappa shape index (κ3) is 3.83. The monoisotopic (exact) mass is 322 g/mol. The number of nitrogens with two attached hydrogens (primary N) is 1. The van der Waals surface area contributed by atoms with Crippen LogP contribution in [0.3, 0.4) is 0 Å². The van der Waals surface area contributed by atoms with E-state index in [1.54, 1.807) is 18.0 Å². The number of rotatable bonds is 4. The topological polar surface area (TPSA) is 38.9 Å². The number of thioether (sulfide) groups is 1. The lowest BCUT2D eigenvalue weighted by Gasteiger charge is -2.11. The molecule has 1 atom stereocenters. The molecule has 0 bridgehead atoms. The molecule has 18 heavy (non-hydrogen) atoms. The maximum absolute atomic E-state index is 6.16. The predicted octanol–water partition coefficient (Wildman–Crippen LogP) is 3.94. The zero-order valence-corrected chi connectivity index (χ0v) is 12.5. The van der Waals surface area contributed by atoms with Gasteiger partial charge < -0.3 is 5.73 Å². The molecule has 2 N–H and O–H groups in total. The molecule has 2 aromatic rings. The lowest BCUT2D eigenvalue weighted by Crippen LogP contribution is -2.12. The molecular weight excluding hydrogens is 308 g/mol. The Bertz CT molecular complexity index is 496. The Morgan fingerprint density at radius 1 is 1.22 bits per heavy atom. The van der Waals surface area contributed by atoms with E-state index in [2.05, 4.69) is 52.1 Å². The van der Waals surface area contributed by atoms with Crippen LogP contribution in [-0.2, 0) is 0 Å². The van der Waals surface area contributed by atoms with Crippen LogP contribution in [0.5, 0.6) is 0 Å². The normalized spacial score (nSPS) is 12.4. The fraction of sp³-hybridized carbons (Fsp3) is 0.214. The lowest BCUT2D eigenvalue weighted by atomic mass is 10.1. The number of benzene rings is 1. The first-order chi connectivity index (χ1) is 8.65. The van der Waals surface area contributed by atoms with Crippen LogP contribution in [0.2, 0.25) is 0 Å². The van der Waals surface area contributed by atoms with Gasteiger partial charge in [-0.05, 0) is 40.5 Å². The molecule has 0 fully saturated rings. The van der Waals surface area contributed by atoms with Crippen molar-refractivity contribution in [3.63, 3.8) is 0 Å². The summed E-state index contributed by atoms with van der Waals surface area (Å²) in [6, 6.07) is 12.4. The Morgan fingerprint density at radius 2 is 1.94 bits per heavy atom. The van der Waals surface area contributed by atoms with Crippen molar-refractivity contribution >= 4 is 27.7 Å². The van der Waals surface area contributed by atoms with Gasteiger partial charge in [0.25, 0.3) is 0 Å². The molecule has 0 radical (unpaired) electrons. The van der Waals surface area contributed by atoms with Crippen molar-refractivity contribution in [3.05, 3.63) is 58.2 Å². The third-order valence-electron chi connectivity index (χ3n) is 2.62. The van der Waals surface area contributed by atoms with Crippen LogP contribution in [0.1, 0.15) is 17.2 Å². The van der Waals surface area contributed by atoms with Crippen molar-refractivity contribution in [2.45, 2.75) is 18.0 Å². The van der Waals surface area contributed by atoms with Crippen LogP contribution < -0.4 is 5.73 Å². The van der Waals surface area contributed by atoms with Gasteiger partial charge in [0.2, 0.25) is 0 Å². The second-order valence-corrected chi connectivity index (χ2v) is 6.10. The highest BCUT2D eigenvalue weighted by Gasteiger charge is 2.06. The van der Waals surface area contributed by atoms with Crippen LogP contribution in [0, 0.1) is 6.92 Å². The van der Waals surface area contributed by atoms with Crippen molar-refractivity contribution in [3.8, 4) is 0 Å². The molecule has 0 saturated heterocycles. The maximum atomic E-state index is 6.16. The zero-order chi connectivity index (χ0) is 13.0. The first-order valence-electron chi connectivity index (χ1n) is 5.71. The van der Waals surface area contributed by atoms with E-state index in [-0.39, 0.29) is 6.04 Å². The van der Waals surface area contributed by atoms with Crippen LogP contribution >= 0.6 is 27.7 Å². The minimum Gasteiger partial charge on any atom is -0.323 e. The first-order valence-corrected chi connectivity index (χ1v) is 7.49. The van der Waals surface area contributed by atoms with Gasteiger partial charge in [-0.15, -0.1) is 11.8 Å². The van der Waals surface area contributed by atoms with Crippen LogP contribution in [0.15, 0.2) is 52.1 Å². The van der Waals surface area contributed by atoms with Crippen molar-refractivity contribution in [2.24, 2.45) is 5.73 Å². The van der Waals surface area contributed by atoms with E-state index in [1.807, 2.05) is 12.1 Å². The van der Waals surface area contributed by atoms with Crippen LogP contribution in [0.25, 0.3) is 0 Å². The molecule has 4 heteroatoms. The highest BCUT2D eigenvalue weighted by molar-refractivity contribution is 9.10. The van der Waals surface area contributed by atoms with Gasteiger partial charge in [0.1, 0.15) is 0 Å². The highest BCUT2D eigenvalue weighted by atomic mass is 79.9. The summed E-state index contributed by atoms with van der Waals surface area (Å²) in [6.07, 6.45) is 1.81. The SMILES string of the molecule is Cc1ccc(C(N)CSc2ccc(Br)cn2)cc1. The first kappa shape index (κ1) is 13.6. The summed E-state index contributed by atoms with van der Waals surface area (Å²) >= 11 is 5.05. The summed E-state index contributed by atoms with van der Waals surface area (Å²) in [5, 5.41) is 1.00. The Morgan fingerprint density at radius 3 is 2.56 bits per heavy atom. The second kappa shape index (κ2) is 6.36. The summed E-state index contributed by atoms with van der Waals surface area (Å²) < 4.78 is 0.995. The average molecular weight is 323 g/mol. The average Bonchev–Trinajstić information content (AvgIpc) is 2.38. The van der Waals surface area contributed by atoms with E-state index >= 15 is 0 Å². The lowest BCUT2D eigenvalue weighted by molar-refractivity contribution is 0.829. The Labute approximate surface area is 120 Å². The number of hydrogen-bond donors (Lipinski definition) is 1. The number of nitrogens with zero attached hydrogens (tertiary/aromatic N) is 1. The van der Waals surface area contributed by atoms with Gasteiger partial charge in [-0.1, -0.05) is 29.8 Å². The summed E-state index contributed by atoms with van der Waals surface area (Å²) in [4.78, 5) is 4.32. The van der Waals surface area contributed by atoms with Gasteiger partial charge in [-0.3, -0.25) is 0 Å². The highest BCUT2D eigenvalue weighted by Crippen LogP contribution is 2.23. The van der Waals surface area contributed by atoms with Gasteiger partial charge in [0.05, 0.1) is 5.03 Å². The molecule has 0 aliphatic heterocycles. The molecule has 94 valence electrons. The van der Waals surface area contributed by atoms with Crippen LogP contribution in [0.4, 0.5) is 0 Å². The van der Waals surface area contributed by atoms with Gasteiger partial charge in [0.15, 0.2) is 0 Å². The molecule has 2 rings (SSSR count). The molecule has 1 aromatic carbocycles. The summed E-state index contributed by atoms with van der Waals surface area (Å²) in [7, 11) is 0. The van der Waals surface area contributed by atoms with Crippen molar-refractivity contribution in [2.75, 3.05) is 5.75 Å². The van der Waals surface area contributed by atoms with E-state index in [9.17, 15) is 0 Å². The largest absolute Gasteiger partial charge is 0.323 e. The molecule has 1 heterocycles. The molecule has 0 amide bonds. The summed E-state index contributed by atoms with van der Waals surface area (Å²) in [6.45, 7) is 2.08. The Kier molecular flexibility index (Phi) is 4.80. The number of pyridine rings is 1. The number of halogens is 1. The molecule has 1 aromatic heterocycles. The summed E-state index contributed by atoms with van der Waals surface area (Å²) in [5.74, 6) is 0.831. The third-order valence-corrected chi connectivity index (χ3v) is 4.15. The zero-order valence-electron chi connectivity index (χ0n) is 10.1. The fourth-order valence-corrected chi connectivity index (χ4v) is 2.60. The van der Waals surface area contributed by atoms with Gasteiger partial charge in [0, 0.05) is 22.5 Å². The Hall–Kier alpha value is -0.840. The van der Waals surface area contributed by atoms with Crippen molar-refractivity contribution in [1.29, 1.82) is 0 Å². The standard InChI is InChI=1S/C14H15BrN2S/c1-10-2-4-11(5-3-10)13(16)9-18-14-7-6-12(15)8-17-14/h2-8,13H,9,16H2,1H3. The van der Waals surface area contributed by atoms with E-state index in [0.717, 1.165) is 15.3 Å². The van der Waals surface area contributed by atoms with Crippen molar-refractivity contribution in [1.82, 2.24) is 4.98 Å². The smallest absolute Gasteiger partial charge is 0.0961 e. The minimum absolute atomic E-state index is 0.0426. The van der Waals surface area contributed by atoms with Gasteiger partial charge in [-0.25, -0.2) is 4.98 Å². The molecule has 0 spiro atoms. The summed E-state index contributed by atoms with van der Waals surface area (Å²) in [5.41, 5.74) is 8.59. The van der Waals surface area contributed by atoms with Crippen LogP contribution in [-0.4, -0.2) is 10.7 Å². The van der Waals surface area contributed by atoms with E-state index in [1.165, 1.54) is 11.1 Å². The fourth-order valence-electron chi connectivity index (χ4n) is 1.53. The molecular formula is C14H15BrN2S.